The molecule has 2 heterocycles. The van der Waals surface area contributed by atoms with Crippen molar-refractivity contribution in [3.8, 4) is 0 Å². The van der Waals surface area contributed by atoms with E-state index < -0.39 is 0 Å². The lowest BCUT2D eigenvalue weighted by Gasteiger charge is -2.08. The zero-order valence-electron chi connectivity index (χ0n) is 8.58. The number of hydrogen-bond acceptors (Lipinski definition) is 3. The molecule has 0 unspecified atom stereocenters. The van der Waals surface area contributed by atoms with Crippen LogP contribution in [0.2, 0.25) is 0 Å². The maximum atomic E-state index is 11.4. The van der Waals surface area contributed by atoms with Crippen LogP contribution in [-0.2, 0) is 22.5 Å². The van der Waals surface area contributed by atoms with Crippen LogP contribution in [0.4, 0.5) is 0 Å². The summed E-state index contributed by atoms with van der Waals surface area (Å²) in [6, 6.07) is 3.86. The van der Waals surface area contributed by atoms with Crippen LogP contribution in [0.1, 0.15) is 40.1 Å². The molecule has 0 bridgehead atoms. The maximum absolute atomic E-state index is 11.4. The number of epoxide rings is 1. The third kappa shape index (κ3) is 1.27. The average Bonchev–Trinajstić information content (AvgIpc) is 3.03. The Morgan fingerprint density at radius 3 is 2.93 bits per heavy atom. The van der Waals surface area contributed by atoms with E-state index in [1.54, 1.807) is 0 Å². The molecule has 3 rings (SSSR count). The first-order chi connectivity index (χ1) is 7.31. The minimum Gasteiger partial charge on any atom is -0.457 e. The Morgan fingerprint density at radius 1 is 1.47 bits per heavy atom. The lowest BCUT2D eigenvalue weighted by molar-refractivity contribution is 0.0535. The number of carbonyl (C=O) groups is 1. The topological polar surface area (TPSA) is 38.8 Å². The summed E-state index contributed by atoms with van der Waals surface area (Å²) in [5.74, 6) is -0.192. The highest BCUT2D eigenvalue weighted by Gasteiger charge is 2.31. The van der Waals surface area contributed by atoms with E-state index in [0.29, 0.717) is 6.61 Å². The van der Waals surface area contributed by atoms with E-state index in [-0.39, 0.29) is 12.1 Å². The molecule has 0 N–H and O–H groups in total. The van der Waals surface area contributed by atoms with Crippen molar-refractivity contribution in [1.82, 2.24) is 0 Å². The number of cyclic esters (lactones) is 1. The largest absolute Gasteiger partial charge is 0.457 e. The fourth-order valence-electron chi connectivity index (χ4n) is 2.23. The normalized spacial score (nSPS) is 22.5. The van der Waals surface area contributed by atoms with Gasteiger partial charge in [0.25, 0.3) is 0 Å². The first-order valence-corrected chi connectivity index (χ1v) is 5.24. The van der Waals surface area contributed by atoms with E-state index >= 15 is 0 Å². The van der Waals surface area contributed by atoms with E-state index in [4.69, 9.17) is 9.47 Å². The van der Waals surface area contributed by atoms with Gasteiger partial charge in [0.15, 0.2) is 0 Å². The minimum atomic E-state index is -0.192. The van der Waals surface area contributed by atoms with Crippen LogP contribution < -0.4 is 0 Å². The summed E-state index contributed by atoms with van der Waals surface area (Å²) in [5, 5.41) is 0. The van der Waals surface area contributed by atoms with Crippen molar-refractivity contribution in [3.05, 3.63) is 34.4 Å². The molecular formula is C12H12O3. The molecule has 3 nitrogen and oxygen atoms in total. The Morgan fingerprint density at radius 2 is 2.27 bits per heavy atom. The van der Waals surface area contributed by atoms with E-state index in [1.807, 2.05) is 12.1 Å². The van der Waals surface area contributed by atoms with Crippen LogP contribution in [0.5, 0.6) is 0 Å². The van der Waals surface area contributed by atoms with Crippen molar-refractivity contribution in [1.29, 1.82) is 0 Å². The molecule has 78 valence electrons. The summed E-state index contributed by atoms with van der Waals surface area (Å²) in [6.45, 7) is 3.34. The second kappa shape index (κ2) is 3.07. The van der Waals surface area contributed by atoms with Gasteiger partial charge in [-0.15, -0.1) is 0 Å². The Kier molecular flexibility index (Phi) is 1.83. The first-order valence-electron chi connectivity index (χ1n) is 5.24. The van der Waals surface area contributed by atoms with E-state index in [9.17, 15) is 4.79 Å². The zero-order chi connectivity index (χ0) is 10.4. The third-order valence-corrected chi connectivity index (χ3v) is 3.07. The molecule has 3 heteroatoms. The number of carbonyl (C=O) groups excluding carboxylic acids is 1. The molecule has 1 fully saturated rings. The number of fused-ring (bicyclic) bond motifs is 1. The lowest BCUT2D eigenvalue weighted by Crippen LogP contribution is -1.99. The highest BCUT2D eigenvalue weighted by molar-refractivity contribution is 5.94. The molecule has 0 radical (unpaired) electrons. The van der Waals surface area contributed by atoms with Crippen LogP contribution >= 0.6 is 0 Å². The summed E-state index contributed by atoms with van der Waals surface area (Å²) < 4.78 is 10.3. The quantitative estimate of drug-likeness (QED) is 0.546. The van der Waals surface area contributed by atoms with Crippen LogP contribution in [0.15, 0.2) is 12.1 Å². The van der Waals surface area contributed by atoms with Gasteiger partial charge in [0.2, 0.25) is 0 Å². The van der Waals surface area contributed by atoms with Crippen molar-refractivity contribution in [2.75, 3.05) is 6.61 Å². The molecule has 1 saturated heterocycles. The van der Waals surface area contributed by atoms with Gasteiger partial charge in [0.1, 0.15) is 12.7 Å². The van der Waals surface area contributed by atoms with E-state index in [1.165, 1.54) is 11.1 Å². The van der Waals surface area contributed by atoms with Crippen LogP contribution in [0, 0.1) is 0 Å². The fourth-order valence-corrected chi connectivity index (χ4v) is 2.23. The summed E-state index contributed by atoms with van der Waals surface area (Å²) >= 11 is 0. The van der Waals surface area contributed by atoms with Gasteiger partial charge in [0, 0.05) is 5.56 Å². The van der Waals surface area contributed by atoms with Crippen LogP contribution in [0.25, 0.3) is 0 Å². The summed E-state index contributed by atoms with van der Waals surface area (Å²) in [6.07, 6.45) is 1.18. The highest BCUT2D eigenvalue weighted by Crippen LogP contribution is 2.36. The molecule has 1 aromatic carbocycles. The van der Waals surface area contributed by atoms with Gasteiger partial charge in [0.05, 0.1) is 12.2 Å². The maximum Gasteiger partial charge on any atom is 0.338 e. The van der Waals surface area contributed by atoms with E-state index in [0.717, 1.165) is 24.2 Å². The zero-order valence-corrected chi connectivity index (χ0v) is 8.58. The summed E-state index contributed by atoms with van der Waals surface area (Å²) in [7, 11) is 0. The minimum absolute atomic E-state index is 0.192. The van der Waals surface area contributed by atoms with Crippen LogP contribution in [-0.4, -0.2) is 12.6 Å². The average molecular weight is 204 g/mol. The molecule has 0 saturated carbocycles. The van der Waals surface area contributed by atoms with Crippen LogP contribution in [0.3, 0.4) is 0 Å². The number of ether oxygens (including phenoxy) is 2. The van der Waals surface area contributed by atoms with Gasteiger partial charge >= 0.3 is 5.97 Å². The molecule has 15 heavy (non-hydrogen) atoms. The molecule has 1 atom stereocenters. The fraction of sp³-hybridized carbons (Fsp3) is 0.417. The smallest absolute Gasteiger partial charge is 0.338 e. The van der Waals surface area contributed by atoms with Crippen molar-refractivity contribution in [3.63, 3.8) is 0 Å². The number of hydrogen-bond donors (Lipinski definition) is 0. The predicted octanol–water partition coefficient (Wildman–Crippen LogP) is 1.99. The van der Waals surface area contributed by atoms with Gasteiger partial charge in [-0.05, 0) is 23.6 Å². The third-order valence-electron chi connectivity index (χ3n) is 3.07. The standard InChI is InChI=1S/C12H12O3/c1-2-7-8(11-6-14-11)3-4-9-10(7)5-15-12(9)13/h3-4,11H,2,5-6H2,1H3/t11-/m0/s1. The molecule has 0 aromatic heterocycles. The number of esters is 1. The molecule has 2 aliphatic heterocycles. The number of benzene rings is 1. The number of rotatable bonds is 2. The molecule has 1 aromatic rings. The van der Waals surface area contributed by atoms with Crippen molar-refractivity contribution in [2.45, 2.75) is 26.1 Å². The van der Waals surface area contributed by atoms with Crippen molar-refractivity contribution in [2.24, 2.45) is 0 Å². The Labute approximate surface area is 88.0 Å². The molecule has 0 spiro atoms. The van der Waals surface area contributed by atoms with Gasteiger partial charge in [-0.1, -0.05) is 13.0 Å². The predicted molar refractivity (Wildman–Crippen MR) is 53.6 cm³/mol. The first kappa shape index (κ1) is 8.92. The molecule has 2 aliphatic rings. The Hall–Kier alpha value is -1.35. The van der Waals surface area contributed by atoms with E-state index in [2.05, 4.69) is 6.92 Å². The highest BCUT2D eigenvalue weighted by atomic mass is 16.6. The Bertz CT molecular complexity index is 433. The summed E-state index contributed by atoms with van der Waals surface area (Å²) in [4.78, 5) is 11.4. The van der Waals surface area contributed by atoms with Crippen molar-refractivity contribution >= 4 is 5.97 Å². The molecule has 0 aliphatic carbocycles. The second-order valence-electron chi connectivity index (χ2n) is 3.91. The Balaban J connectivity index is 2.16. The van der Waals surface area contributed by atoms with Gasteiger partial charge < -0.3 is 9.47 Å². The molecular weight excluding hydrogens is 192 g/mol. The summed E-state index contributed by atoms with van der Waals surface area (Å²) in [5.41, 5.74) is 4.27. The van der Waals surface area contributed by atoms with Gasteiger partial charge in [-0.25, -0.2) is 4.79 Å². The molecule has 0 amide bonds. The van der Waals surface area contributed by atoms with Gasteiger partial charge in [-0.2, -0.15) is 0 Å². The lowest BCUT2D eigenvalue weighted by atomic mass is 9.94. The monoisotopic (exact) mass is 204 g/mol. The van der Waals surface area contributed by atoms with Gasteiger partial charge in [-0.3, -0.25) is 0 Å². The SMILES string of the molecule is CCc1c([C@@H]2CO2)ccc2c1COC2=O. The van der Waals surface area contributed by atoms with Crippen molar-refractivity contribution < 1.29 is 14.3 Å². The second-order valence-corrected chi connectivity index (χ2v) is 3.91.